The number of hydrogen-bond donors (Lipinski definition) is 2. The van der Waals surface area contributed by atoms with Crippen molar-refractivity contribution in [1.82, 2.24) is 10.3 Å². The Morgan fingerprint density at radius 2 is 2.06 bits per heavy atom. The summed E-state index contributed by atoms with van der Waals surface area (Å²) in [7, 11) is 0. The quantitative estimate of drug-likeness (QED) is 0.802. The summed E-state index contributed by atoms with van der Waals surface area (Å²) in [4.78, 5) is 4.28. The molecule has 0 aliphatic carbocycles. The first-order chi connectivity index (χ1) is 7.43. The van der Waals surface area contributed by atoms with E-state index in [0.29, 0.717) is 6.54 Å². The van der Waals surface area contributed by atoms with Crippen LogP contribution >= 0.6 is 0 Å². The van der Waals surface area contributed by atoms with Gasteiger partial charge in [-0.2, -0.15) is 0 Å². The Morgan fingerprint density at radius 1 is 1.38 bits per heavy atom. The lowest BCUT2D eigenvalue weighted by Crippen LogP contribution is -2.43. The molecule has 90 valence electrons. The van der Waals surface area contributed by atoms with Crippen LogP contribution in [0, 0.1) is 5.92 Å². The molecule has 0 saturated carbocycles. The summed E-state index contributed by atoms with van der Waals surface area (Å²) in [5, 5.41) is 13.4. The molecule has 3 nitrogen and oxygen atoms in total. The fraction of sp³-hybridized carbons (Fsp3) is 0.615. The lowest BCUT2D eigenvalue weighted by molar-refractivity contribution is 0.0121. The summed E-state index contributed by atoms with van der Waals surface area (Å²) < 4.78 is 0. The van der Waals surface area contributed by atoms with Gasteiger partial charge in [0.1, 0.15) is 0 Å². The molecule has 0 bridgehead atoms. The van der Waals surface area contributed by atoms with Crippen LogP contribution in [0.2, 0.25) is 0 Å². The van der Waals surface area contributed by atoms with Gasteiger partial charge in [-0.25, -0.2) is 0 Å². The molecule has 0 amide bonds. The van der Waals surface area contributed by atoms with E-state index in [1.54, 1.807) is 6.20 Å². The smallest absolute Gasteiger partial charge is 0.0766 e. The van der Waals surface area contributed by atoms with Crippen molar-refractivity contribution >= 4 is 0 Å². The van der Waals surface area contributed by atoms with Crippen LogP contribution in [0.25, 0.3) is 0 Å². The van der Waals surface area contributed by atoms with Crippen LogP contribution in [0.15, 0.2) is 24.4 Å². The maximum absolute atomic E-state index is 10.1. The first-order valence-corrected chi connectivity index (χ1v) is 5.80. The molecule has 16 heavy (non-hydrogen) atoms. The molecule has 1 aromatic heterocycles. The van der Waals surface area contributed by atoms with E-state index < -0.39 is 5.60 Å². The molecule has 0 saturated heterocycles. The van der Waals surface area contributed by atoms with Gasteiger partial charge in [-0.15, -0.1) is 0 Å². The Bertz CT molecular complexity index is 309. The number of aliphatic hydroxyl groups is 1. The normalized spacial score (nSPS) is 17.1. The molecule has 0 aromatic carbocycles. The number of nitrogens with zero attached hydrogens (tertiary/aromatic N) is 1. The lowest BCUT2D eigenvalue weighted by Gasteiger charge is -2.29. The second kappa shape index (κ2) is 5.41. The zero-order valence-corrected chi connectivity index (χ0v) is 10.6. The van der Waals surface area contributed by atoms with Crippen molar-refractivity contribution in [3.8, 4) is 0 Å². The molecule has 1 rings (SSSR count). The average molecular weight is 222 g/mol. The summed E-state index contributed by atoms with van der Waals surface area (Å²) in [6.07, 6.45) is 1.79. The second-order valence-electron chi connectivity index (χ2n) is 4.87. The topological polar surface area (TPSA) is 45.1 Å². The molecule has 1 aromatic rings. The minimum absolute atomic E-state index is 0.159. The van der Waals surface area contributed by atoms with E-state index in [9.17, 15) is 5.11 Å². The molecule has 2 atom stereocenters. The number of nitrogens with one attached hydrogen (secondary N) is 1. The molecular weight excluding hydrogens is 200 g/mol. The molecule has 0 fully saturated rings. The van der Waals surface area contributed by atoms with Crippen LogP contribution in [0.3, 0.4) is 0 Å². The summed E-state index contributed by atoms with van der Waals surface area (Å²) in [6, 6.07) is 6.02. The van der Waals surface area contributed by atoms with Gasteiger partial charge in [-0.05, 0) is 31.9 Å². The summed E-state index contributed by atoms with van der Waals surface area (Å²) in [6.45, 7) is 8.52. The van der Waals surface area contributed by atoms with Crippen molar-refractivity contribution in [2.45, 2.75) is 39.3 Å². The van der Waals surface area contributed by atoms with Gasteiger partial charge in [0.2, 0.25) is 0 Å². The highest BCUT2D eigenvalue weighted by atomic mass is 16.3. The Balaban J connectivity index is 2.51. The summed E-state index contributed by atoms with van der Waals surface area (Å²) in [5.74, 6) is 0.232. The third-order valence-corrected chi connectivity index (χ3v) is 3.14. The van der Waals surface area contributed by atoms with Crippen molar-refractivity contribution in [3.05, 3.63) is 30.1 Å². The Labute approximate surface area is 97.9 Å². The summed E-state index contributed by atoms with van der Waals surface area (Å²) in [5.41, 5.74) is 0.324. The predicted molar refractivity (Wildman–Crippen MR) is 66.1 cm³/mol. The highest BCUT2D eigenvalue weighted by Gasteiger charge is 2.25. The minimum atomic E-state index is -0.678. The number of pyridine rings is 1. The van der Waals surface area contributed by atoms with Gasteiger partial charge in [0.05, 0.1) is 11.3 Å². The monoisotopic (exact) mass is 222 g/mol. The van der Waals surface area contributed by atoms with Gasteiger partial charge >= 0.3 is 0 Å². The molecule has 0 aliphatic rings. The SMILES string of the molecule is CC(NCC(C)(O)C(C)C)c1ccccn1. The van der Waals surface area contributed by atoms with Crippen LogP contribution in [-0.2, 0) is 0 Å². The van der Waals surface area contributed by atoms with E-state index >= 15 is 0 Å². The van der Waals surface area contributed by atoms with Crippen molar-refractivity contribution in [3.63, 3.8) is 0 Å². The maximum atomic E-state index is 10.1. The maximum Gasteiger partial charge on any atom is 0.0766 e. The van der Waals surface area contributed by atoms with Gasteiger partial charge in [0, 0.05) is 18.8 Å². The highest BCUT2D eigenvalue weighted by molar-refractivity contribution is 5.07. The highest BCUT2D eigenvalue weighted by Crippen LogP contribution is 2.16. The Kier molecular flexibility index (Phi) is 4.44. The Hall–Kier alpha value is -0.930. The third kappa shape index (κ3) is 3.58. The number of hydrogen-bond acceptors (Lipinski definition) is 3. The zero-order valence-electron chi connectivity index (χ0n) is 10.6. The molecule has 2 N–H and O–H groups in total. The van der Waals surface area contributed by atoms with E-state index in [4.69, 9.17) is 0 Å². The van der Waals surface area contributed by atoms with Gasteiger partial charge in [-0.3, -0.25) is 4.98 Å². The first-order valence-electron chi connectivity index (χ1n) is 5.80. The Morgan fingerprint density at radius 3 is 2.56 bits per heavy atom. The zero-order chi connectivity index (χ0) is 12.2. The van der Waals surface area contributed by atoms with Gasteiger partial charge in [-0.1, -0.05) is 19.9 Å². The third-order valence-electron chi connectivity index (χ3n) is 3.14. The van der Waals surface area contributed by atoms with E-state index in [2.05, 4.69) is 17.2 Å². The standard InChI is InChI=1S/C13H22N2O/c1-10(2)13(4,16)9-15-11(3)12-7-5-6-8-14-12/h5-8,10-11,15-16H,9H2,1-4H3. The molecule has 0 spiro atoms. The number of rotatable bonds is 5. The first kappa shape index (κ1) is 13.1. The molecule has 1 heterocycles. The van der Waals surface area contributed by atoms with Crippen molar-refractivity contribution in [2.24, 2.45) is 5.92 Å². The predicted octanol–water partition coefficient (Wildman–Crippen LogP) is 2.14. The van der Waals surface area contributed by atoms with Crippen LogP contribution in [0.1, 0.15) is 39.4 Å². The molecule has 3 heteroatoms. The van der Waals surface area contributed by atoms with Crippen LogP contribution < -0.4 is 5.32 Å². The average Bonchev–Trinajstić information content (AvgIpc) is 2.27. The second-order valence-corrected chi connectivity index (χ2v) is 4.87. The minimum Gasteiger partial charge on any atom is -0.389 e. The van der Waals surface area contributed by atoms with E-state index in [1.807, 2.05) is 39.0 Å². The fourth-order valence-corrected chi connectivity index (χ4v) is 1.30. The fourth-order valence-electron chi connectivity index (χ4n) is 1.30. The molecule has 0 aliphatic heterocycles. The van der Waals surface area contributed by atoms with Crippen molar-refractivity contribution in [1.29, 1.82) is 0 Å². The molecule has 0 radical (unpaired) electrons. The van der Waals surface area contributed by atoms with Gasteiger partial charge in [0.25, 0.3) is 0 Å². The van der Waals surface area contributed by atoms with E-state index in [0.717, 1.165) is 5.69 Å². The van der Waals surface area contributed by atoms with Gasteiger partial charge < -0.3 is 10.4 Å². The summed E-state index contributed by atoms with van der Waals surface area (Å²) >= 11 is 0. The van der Waals surface area contributed by atoms with Crippen LogP contribution in [0.5, 0.6) is 0 Å². The van der Waals surface area contributed by atoms with Gasteiger partial charge in [0.15, 0.2) is 0 Å². The van der Waals surface area contributed by atoms with Crippen molar-refractivity contribution < 1.29 is 5.11 Å². The van der Waals surface area contributed by atoms with Crippen LogP contribution in [0.4, 0.5) is 0 Å². The molecule has 2 unspecified atom stereocenters. The number of aromatic nitrogens is 1. The van der Waals surface area contributed by atoms with E-state index in [-0.39, 0.29) is 12.0 Å². The van der Waals surface area contributed by atoms with E-state index in [1.165, 1.54) is 0 Å². The largest absolute Gasteiger partial charge is 0.389 e. The lowest BCUT2D eigenvalue weighted by atomic mass is 9.92. The van der Waals surface area contributed by atoms with Crippen LogP contribution in [-0.4, -0.2) is 22.2 Å². The van der Waals surface area contributed by atoms with Crippen molar-refractivity contribution in [2.75, 3.05) is 6.54 Å². The molecular formula is C13H22N2O.